The summed E-state index contributed by atoms with van der Waals surface area (Å²) in [5.74, 6) is -0.165. The molecule has 7 nitrogen and oxygen atoms in total. The second-order valence-electron chi connectivity index (χ2n) is 6.00. The standard InChI is InChI=1S/C16H23N5O2S/c1-13(4-5-20-6-8-23-9-7-20)17-16(22)15-12-21(19-18-15)11-14-3-2-10-24-14/h2-3,10,12-13H,4-9,11H2,1H3,(H,17,22). The normalized spacial score (nSPS) is 16.9. The second-order valence-corrected chi connectivity index (χ2v) is 7.03. The molecule has 3 rings (SSSR count). The molecule has 0 saturated carbocycles. The van der Waals surface area contributed by atoms with Crippen LogP contribution in [0, 0.1) is 0 Å². The van der Waals surface area contributed by atoms with E-state index in [9.17, 15) is 4.79 Å². The third-order valence-electron chi connectivity index (χ3n) is 4.03. The van der Waals surface area contributed by atoms with Crippen molar-refractivity contribution in [1.82, 2.24) is 25.2 Å². The van der Waals surface area contributed by atoms with Gasteiger partial charge in [-0.25, -0.2) is 4.68 Å². The zero-order valence-corrected chi connectivity index (χ0v) is 14.7. The molecule has 0 bridgehead atoms. The third kappa shape index (κ3) is 4.86. The average Bonchev–Trinajstić information content (AvgIpc) is 3.26. The highest BCUT2D eigenvalue weighted by Gasteiger charge is 2.16. The minimum Gasteiger partial charge on any atom is -0.379 e. The van der Waals surface area contributed by atoms with Crippen LogP contribution in [0.25, 0.3) is 0 Å². The molecular formula is C16H23N5O2S. The Hall–Kier alpha value is -1.77. The second kappa shape index (κ2) is 8.36. The van der Waals surface area contributed by atoms with Crippen LogP contribution in [0.3, 0.4) is 0 Å². The number of amides is 1. The van der Waals surface area contributed by atoms with Crippen LogP contribution in [0.1, 0.15) is 28.7 Å². The van der Waals surface area contributed by atoms with Gasteiger partial charge in [0, 0.05) is 30.6 Å². The van der Waals surface area contributed by atoms with E-state index in [1.165, 1.54) is 4.88 Å². The molecule has 1 saturated heterocycles. The summed E-state index contributed by atoms with van der Waals surface area (Å²) in [6.45, 7) is 7.17. The molecule has 2 aromatic rings. The van der Waals surface area contributed by atoms with Gasteiger partial charge in [0.2, 0.25) is 0 Å². The quantitative estimate of drug-likeness (QED) is 0.814. The average molecular weight is 349 g/mol. The summed E-state index contributed by atoms with van der Waals surface area (Å²) in [5.41, 5.74) is 0.366. The summed E-state index contributed by atoms with van der Waals surface area (Å²) in [6.07, 6.45) is 2.61. The van der Waals surface area contributed by atoms with Crippen molar-refractivity contribution in [2.24, 2.45) is 0 Å². The number of hydrogen-bond donors (Lipinski definition) is 1. The molecular weight excluding hydrogens is 326 g/mol. The van der Waals surface area contributed by atoms with Gasteiger partial charge in [0.1, 0.15) is 0 Å². The van der Waals surface area contributed by atoms with Crippen LogP contribution in [0.15, 0.2) is 23.7 Å². The third-order valence-corrected chi connectivity index (χ3v) is 4.89. The fourth-order valence-electron chi connectivity index (χ4n) is 2.61. The molecule has 8 heteroatoms. The number of nitrogens with one attached hydrogen (secondary N) is 1. The highest BCUT2D eigenvalue weighted by Crippen LogP contribution is 2.10. The molecule has 1 amide bonds. The summed E-state index contributed by atoms with van der Waals surface area (Å²) < 4.78 is 7.03. The molecule has 24 heavy (non-hydrogen) atoms. The SMILES string of the molecule is CC(CCN1CCOCC1)NC(=O)c1cn(Cc2cccs2)nn1. The highest BCUT2D eigenvalue weighted by molar-refractivity contribution is 7.09. The number of carbonyl (C=O) groups excluding carboxylic acids is 1. The van der Waals surface area contributed by atoms with Crippen molar-refractivity contribution in [2.75, 3.05) is 32.8 Å². The summed E-state index contributed by atoms with van der Waals surface area (Å²) in [6, 6.07) is 4.14. The molecule has 0 aromatic carbocycles. The van der Waals surface area contributed by atoms with E-state index in [1.807, 2.05) is 24.4 Å². The molecule has 1 aliphatic rings. The molecule has 130 valence electrons. The van der Waals surface area contributed by atoms with Gasteiger partial charge in [-0.15, -0.1) is 16.4 Å². The first-order valence-corrected chi connectivity index (χ1v) is 9.12. The molecule has 1 fully saturated rings. The Morgan fingerprint density at radius 2 is 2.29 bits per heavy atom. The fourth-order valence-corrected chi connectivity index (χ4v) is 3.31. The predicted octanol–water partition coefficient (Wildman–Crippen LogP) is 1.23. The van der Waals surface area contributed by atoms with Gasteiger partial charge >= 0.3 is 0 Å². The Balaban J connectivity index is 1.44. The van der Waals surface area contributed by atoms with Crippen LogP contribution in [0.2, 0.25) is 0 Å². The van der Waals surface area contributed by atoms with E-state index in [1.54, 1.807) is 22.2 Å². The lowest BCUT2D eigenvalue weighted by Gasteiger charge is -2.27. The van der Waals surface area contributed by atoms with E-state index in [0.29, 0.717) is 12.2 Å². The molecule has 0 radical (unpaired) electrons. The molecule has 1 aliphatic heterocycles. The minimum atomic E-state index is -0.165. The van der Waals surface area contributed by atoms with Gasteiger partial charge in [-0.05, 0) is 24.8 Å². The number of rotatable bonds is 7. The molecule has 2 aromatic heterocycles. The van der Waals surface area contributed by atoms with Crippen molar-refractivity contribution in [3.63, 3.8) is 0 Å². The van der Waals surface area contributed by atoms with Crippen molar-refractivity contribution in [1.29, 1.82) is 0 Å². The largest absolute Gasteiger partial charge is 0.379 e. The van der Waals surface area contributed by atoms with Gasteiger partial charge in [0.15, 0.2) is 5.69 Å². The molecule has 0 spiro atoms. The van der Waals surface area contributed by atoms with Gasteiger partial charge in [-0.1, -0.05) is 11.3 Å². The van der Waals surface area contributed by atoms with Gasteiger partial charge in [-0.2, -0.15) is 0 Å². The van der Waals surface area contributed by atoms with Gasteiger partial charge < -0.3 is 10.1 Å². The van der Waals surface area contributed by atoms with Crippen LogP contribution in [-0.2, 0) is 11.3 Å². The molecule has 1 unspecified atom stereocenters. The zero-order valence-electron chi connectivity index (χ0n) is 13.9. The van der Waals surface area contributed by atoms with Crippen molar-refractivity contribution < 1.29 is 9.53 Å². The van der Waals surface area contributed by atoms with E-state index in [0.717, 1.165) is 39.3 Å². The number of ether oxygens (including phenoxy) is 1. The van der Waals surface area contributed by atoms with Crippen molar-refractivity contribution in [2.45, 2.75) is 25.9 Å². The first-order chi connectivity index (χ1) is 11.7. The lowest BCUT2D eigenvalue weighted by atomic mass is 10.2. The summed E-state index contributed by atoms with van der Waals surface area (Å²) in [7, 11) is 0. The first kappa shape index (κ1) is 17.1. The Kier molecular flexibility index (Phi) is 5.95. The Morgan fingerprint density at radius 3 is 3.04 bits per heavy atom. The van der Waals surface area contributed by atoms with Gasteiger partial charge in [0.25, 0.3) is 5.91 Å². The number of morpholine rings is 1. The van der Waals surface area contributed by atoms with Gasteiger partial charge in [-0.3, -0.25) is 9.69 Å². The molecule has 3 heterocycles. The lowest BCUT2D eigenvalue weighted by molar-refractivity contribution is 0.0363. The van der Waals surface area contributed by atoms with Crippen LogP contribution in [-0.4, -0.2) is 64.7 Å². The molecule has 1 atom stereocenters. The maximum absolute atomic E-state index is 12.3. The Labute approximate surface area is 145 Å². The molecule has 0 aliphatic carbocycles. The van der Waals surface area contributed by atoms with Crippen LogP contribution >= 0.6 is 11.3 Å². The summed E-state index contributed by atoms with van der Waals surface area (Å²) in [5, 5.41) is 13.0. The summed E-state index contributed by atoms with van der Waals surface area (Å²) >= 11 is 1.66. The highest BCUT2D eigenvalue weighted by atomic mass is 32.1. The monoisotopic (exact) mass is 349 g/mol. The van der Waals surface area contributed by atoms with Crippen LogP contribution < -0.4 is 5.32 Å². The number of hydrogen-bond acceptors (Lipinski definition) is 6. The predicted molar refractivity (Wildman–Crippen MR) is 92.2 cm³/mol. The number of thiophene rings is 1. The fraction of sp³-hybridized carbons (Fsp3) is 0.562. The van der Waals surface area contributed by atoms with E-state index >= 15 is 0 Å². The van der Waals surface area contributed by atoms with E-state index in [-0.39, 0.29) is 11.9 Å². The molecule has 1 N–H and O–H groups in total. The van der Waals surface area contributed by atoms with Crippen LogP contribution in [0.4, 0.5) is 0 Å². The zero-order chi connectivity index (χ0) is 16.8. The minimum absolute atomic E-state index is 0.0998. The van der Waals surface area contributed by atoms with Crippen molar-refractivity contribution in [3.05, 3.63) is 34.3 Å². The Morgan fingerprint density at radius 1 is 1.46 bits per heavy atom. The summed E-state index contributed by atoms with van der Waals surface area (Å²) in [4.78, 5) is 15.8. The van der Waals surface area contributed by atoms with E-state index in [4.69, 9.17) is 4.74 Å². The number of carbonyl (C=O) groups is 1. The lowest BCUT2D eigenvalue weighted by Crippen LogP contribution is -2.40. The van der Waals surface area contributed by atoms with Crippen molar-refractivity contribution >= 4 is 17.2 Å². The van der Waals surface area contributed by atoms with Crippen molar-refractivity contribution in [3.8, 4) is 0 Å². The van der Waals surface area contributed by atoms with E-state index in [2.05, 4.69) is 20.5 Å². The maximum atomic E-state index is 12.3. The number of nitrogens with zero attached hydrogens (tertiary/aromatic N) is 4. The number of aromatic nitrogens is 3. The smallest absolute Gasteiger partial charge is 0.273 e. The van der Waals surface area contributed by atoms with Crippen LogP contribution in [0.5, 0.6) is 0 Å². The first-order valence-electron chi connectivity index (χ1n) is 8.24. The van der Waals surface area contributed by atoms with E-state index < -0.39 is 0 Å². The Bertz CT molecular complexity index is 637. The maximum Gasteiger partial charge on any atom is 0.273 e. The van der Waals surface area contributed by atoms with Gasteiger partial charge in [0.05, 0.1) is 26.0 Å². The topological polar surface area (TPSA) is 72.3 Å².